The molecule has 2 aliphatic rings. The molecular weight excluding hydrogens is 600 g/mol. The van der Waals surface area contributed by atoms with Gasteiger partial charge in [-0.3, -0.25) is 0 Å². The van der Waals surface area contributed by atoms with Crippen LogP contribution in [0.4, 0.5) is 11.4 Å². The molecule has 2 saturated carbocycles. The summed E-state index contributed by atoms with van der Waals surface area (Å²) in [5.74, 6) is 0. The summed E-state index contributed by atoms with van der Waals surface area (Å²) in [4.78, 5) is 0.781. The normalized spacial score (nSPS) is 18.7. The van der Waals surface area contributed by atoms with E-state index in [1.165, 1.54) is 127 Å². The number of anilines is 2. The summed E-state index contributed by atoms with van der Waals surface area (Å²) in [5, 5.41) is 7.44. The minimum absolute atomic E-state index is 0.390. The molecule has 38 heavy (non-hydrogen) atoms. The van der Waals surface area contributed by atoms with Crippen molar-refractivity contribution in [3.05, 3.63) is 49.1 Å². The van der Waals surface area contributed by atoms with Gasteiger partial charge in [0, 0.05) is 60.6 Å². The van der Waals surface area contributed by atoms with E-state index in [0.29, 0.717) is 22.0 Å². The van der Waals surface area contributed by atoms with E-state index >= 15 is 0 Å². The summed E-state index contributed by atoms with van der Waals surface area (Å²) < 4.78 is 4.61. The molecule has 6 heteroatoms. The first-order valence-electron chi connectivity index (χ1n) is 15.5. The van der Waals surface area contributed by atoms with Gasteiger partial charge in [0.15, 0.2) is 24.8 Å². The molecule has 4 rings (SSSR count). The number of pyridine rings is 2. The largest absolute Gasteiger partial charge is 0.382 e. The molecule has 2 N–H and O–H groups in total. The van der Waals surface area contributed by atoms with E-state index < -0.39 is 0 Å². The van der Waals surface area contributed by atoms with Crippen LogP contribution in [0.5, 0.6) is 0 Å². The average Bonchev–Trinajstić information content (AvgIpc) is 2.96. The van der Waals surface area contributed by atoms with Gasteiger partial charge in [0.2, 0.25) is 9.90 Å². The number of halogens is 2. The summed E-state index contributed by atoms with van der Waals surface area (Å²) in [6, 6.07) is 10.3. The summed E-state index contributed by atoms with van der Waals surface area (Å²) in [6.07, 6.45) is 32.7. The van der Waals surface area contributed by atoms with Crippen molar-refractivity contribution in [2.75, 3.05) is 10.6 Å². The molecule has 2 aromatic rings. The lowest BCUT2D eigenvalue weighted by molar-refractivity contribution is -0.698. The molecule has 4 nitrogen and oxygen atoms in total. The third-order valence-electron chi connectivity index (χ3n) is 8.44. The Hall–Kier alpha value is -1.14. The van der Waals surface area contributed by atoms with Crippen molar-refractivity contribution in [2.24, 2.45) is 0 Å². The van der Waals surface area contributed by atoms with E-state index in [4.69, 9.17) is 0 Å². The van der Waals surface area contributed by atoms with Gasteiger partial charge in [-0.15, -0.1) is 0 Å². The number of hydrogen-bond acceptors (Lipinski definition) is 2. The summed E-state index contributed by atoms with van der Waals surface area (Å²) in [7, 11) is 0. The molecule has 0 aromatic carbocycles. The fourth-order valence-corrected chi connectivity index (χ4v) is 7.23. The molecule has 0 radical (unpaired) electrons. The molecule has 0 aliphatic heterocycles. The second kappa shape index (κ2) is 16.8. The van der Waals surface area contributed by atoms with Gasteiger partial charge in [0.1, 0.15) is 0 Å². The predicted molar refractivity (Wildman–Crippen MR) is 167 cm³/mol. The Balaban J connectivity index is 1.02. The number of nitrogens with one attached hydrogen (secondary N) is 2. The van der Waals surface area contributed by atoms with Crippen LogP contribution in [0.15, 0.2) is 49.1 Å². The van der Waals surface area contributed by atoms with Crippen LogP contribution in [-0.2, 0) is 0 Å². The Morgan fingerprint density at radius 1 is 0.553 bits per heavy atom. The van der Waals surface area contributed by atoms with Crippen LogP contribution in [0.2, 0.25) is 0 Å². The average molecular weight is 651 g/mol. The van der Waals surface area contributed by atoms with E-state index in [1.54, 1.807) is 0 Å². The molecule has 2 aliphatic carbocycles. The monoisotopic (exact) mass is 648 g/mol. The predicted octanol–water partition coefficient (Wildman–Crippen LogP) is 9.36. The molecule has 0 amide bonds. The van der Waals surface area contributed by atoms with Crippen molar-refractivity contribution in [2.45, 2.75) is 138 Å². The number of alkyl halides is 2. The summed E-state index contributed by atoms with van der Waals surface area (Å²) in [5.41, 5.74) is 2.53. The van der Waals surface area contributed by atoms with E-state index in [-0.39, 0.29) is 0 Å². The van der Waals surface area contributed by atoms with Crippen molar-refractivity contribution >= 4 is 43.2 Å². The van der Waals surface area contributed by atoms with E-state index in [9.17, 15) is 0 Å². The standard InChI is InChI=1S/C32H48Br2N4/c33-31(37-23-19-29(20-24-37)35-27-13-7-5-8-14-27)17-11-3-1-2-4-12-18-32(34)38-25-21-30(22-26-38)36-28-15-9-6-10-16-28/h19-28,31-32H,1-18H2/p+2. The summed E-state index contributed by atoms with van der Waals surface area (Å²) >= 11 is 7.80. The fraction of sp³-hybridized carbons (Fsp3) is 0.688. The lowest BCUT2D eigenvalue weighted by Crippen LogP contribution is -2.35. The third-order valence-corrected chi connectivity index (χ3v) is 10.3. The maximum atomic E-state index is 3.90. The van der Waals surface area contributed by atoms with Crippen LogP contribution in [-0.4, -0.2) is 12.1 Å². The molecule has 2 heterocycles. The third kappa shape index (κ3) is 10.4. The lowest BCUT2D eigenvalue weighted by Gasteiger charge is -2.23. The fourth-order valence-electron chi connectivity index (χ4n) is 6.04. The van der Waals surface area contributed by atoms with Crippen LogP contribution in [0.25, 0.3) is 0 Å². The molecular formula is C32H50Br2N4+2. The minimum Gasteiger partial charge on any atom is -0.382 e. The highest BCUT2D eigenvalue weighted by Crippen LogP contribution is 2.24. The molecule has 2 unspecified atom stereocenters. The Bertz CT molecular complexity index is 817. The van der Waals surface area contributed by atoms with Crippen molar-refractivity contribution in [1.29, 1.82) is 0 Å². The molecule has 0 saturated heterocycles. The van der Waals surface area contributed by atoms with Gasteiger partial charge in [-0.05, 0) is 70.4 Å². The topological polar surface area (TPSA) is 31.8 Å². The molecule has 0 bridgehead atoms. The quantitative estimate of drug-likeness (QED) is 0.114. The number of unbranched alkanes of at least 4 members (excludes halogenated alkanes) is 5. The van der Waals surface area contributed by atoms with Gasteiger partial charge in [0.25, 0.3) is 0 Å². The molecule has 2 aromatic heterocycles. The second-order valence-electron chi connectivity index (χ2n) is 11.6. The lowest BCUT2D eigenvalue weighted by atomic mass is 9.95. The van der Waals surface area contributed by atoms with Gasteiger partial charge in [0.05, 0.1) is 0 Å². The Morgan fingerprint density at radius 3 is 1.26 bits per heavy atom. The zero-order valence-electron chi connectivity index (χ0n) is 23.3. The smallest absolute Gasteiger partial charge is 0.211 e. The number of aromatic nitrogens is 2. The van der Waals surface area contributed by atoms with Crippen molar-refractivity contribution in [3.8, 4) is 0 Å². The van der Waals surface area contributed by atoms with Crippen LogP contribution in [0, 0.1) is 0 Å². The van der Waals surface area contributed by atoms with Crippen molar-refractivity contribution < 1.29 is 9.13 Å². The molecule has 2 fully saturated rings. The number of rotatable bonds is 15. The first-order valence-corrected chi connectivity index (χ1v) is 17.3. The maximum Gasteiger partial charge on any atom is 0.211 e. The zero-order chi connectivity index (χ0) is 26.4. The van der Waals surface area contributed by atoms with Gasteiger partial charge < -0.3 is 10.6 Å². The van der Waals surface area contributed by atoms with Gasteiger partial charge in [-0.1, -0.05) is 64.2 Å². The minimum atomic E-state index is 0.390. The van der Waals surface area contributed by atoms with Crippen LogP contribution < -0.4 is 19.8 Å². The van der Waals surface area contributed by atoms with E-state index in [1.807, 2.05) is 0 Å². The van der Waals surface area contributed by atoms with E-state index in [0.717, 1.165) is 0 Å². The number of nitrogens with zero attached hydrogens (tertiary/aromatic N) is 2. The Kier molecular flexibility index (Phi) is 13.2. The van der Waals surface area contributed by atoms with Crippen molar-refractivity contribution in [1.82, 2.24) is 0 Å². The highest BCUT2D eigenvalue weighted by Gasteiger charge is 2.17. The zero-order valence-corrected chi connectivity index (χ0v) is 26.5. The second-order valence-corrected chi connectivity index (χ2v) is 13.7. The number of hydrogen-bond donors (Lipinski definition) is 2. The van der Waals surface area contributed by atoms with Crippen LogP contribution >= 0.6 is 31.9 Å². The summed E-state index contributed by atoms with van der Waals surface area (Å²) in [6.45, 7) is 0. The van der Waals surface area contributed by atoms with Gasteiger partial charge in [-0.25, -0.2) is 0 Å². The molecule has 210 valence electrons. The first kappa shape index (κ1) is 29.8. The first-order chi connectivity index (χ1) is 18.7. The van der Waals surface area contributed by atoms with Crippen LogP contribution in [0.3, 0.4) is 0 Å². The van der Waals surface area contributed by atoms with Gasteiger partial charge in [-0.2, -0.15) is 9.13 Å². The van der Waals surface area contributed by atoms with E-state index in [2.05, 4.69) is 101 Å². The molecule has 2 atom stereocenters. The SMILES string of the molecule is BrC(CCCCCCCCC(Br)[n+]1ccc(NC2CCCCC2)cc1)[n+]1ccc(NC2CCCCC2)cc1. The Labute approximate surface area is 248 Å². The van der Waals surface area contributed by atoms with Crippen molar-refractivity contribution in [3.63, 3.8) is 0 Å². The van der Waals surface area contributed by atoms with Gasteiger partial charge >= 0.3 is 0 Å². The Morgan fingerprint density at radius 2 is 0.895 bits per heavy atom. The highest BCUT2D eigenvalue weighted by molar-refractivity contribution is 9.09. The highest BCUT2D eigenvalue weighted by atomic mass is 79.9. The molecule has 0 spiro atoms. The van der Waals surface area contributed by atoms with Crippen LogP contribution in [0.1, 0.15) is 125 Å². The maximum absolute atomic E-state index is 3.90.